The molecule has 0 aromatic heterocycles. The molecular weight excluding hydrogens is 388 g/mol. The van der Waals surface area contributed by atoms with Gasteiger partial charge in [0.15, 0.2) is 11.5 Å². The molecule has 2 aromatic carbocycles. The number of nitrogens with one attached hydrogen (secondary N) is 1. The summed E-state index contributed by atoms with van der Waals surface area (Å²) in [6, 6.07) is 9.06. The number of carbonyl (C=O) groups is 1. The van der Waals surface area contributed by atoms with Crippen LogP contribution in [0.25, 0.3) is 6.08 Å². The molecule has 2 rings (SSSR count). The van der Waals surface area contributed by atoms with Gasteiger partial charge in [-0.25, -0.2) is 0 Å². The van der Waals surface area contributed by atoms with E-state index in [-0.39, 0.29) is 17.2 Å². The summed E-state index contributed by atoms with van der Waals surface area (Å²) >= 11 is 6.26. The van der Waals surface area contributed by atoms with Crippen LogP contribution >= 0.6 is 11.6 Å². The van der Waals surface area contributed by atoms with Gasteiger partial charge in [0.05, 0.1) is 12.1 Å². The van der Waals surface area contributed by atoms with Crippen molar-refractivity contribution in [3.8, 4) is 29.9 Å². The minimum absolute atomic E-state index is 0.0341. The molecule has 6 heteroatoms. The average molecular weight is 409 g/mol. The number of terminal acetylenes is 1. The Morgan fingerprint density at radius 1 is 1.24 bits per heavy atom. The SMILES string of the molecule is C#CCOc1c(Cl)cc(/C=C(\C#N)C(=O)Nc2c(C)cc(C)cc2C)cc1OC. The first-order valence-corrected chi connectivity index (χ1v) is 9.13. The lowest BCUT2D eigenvalue weighted by molar-refractivity contribution is -0.112. The third kappa shape index (κ3) is 5.31. The zero-order chi connectivity index (χ0) is 21.6. The number of anilines is 1. The Morgan fingerprint density at radius 2 is 1.90 bits per heavy atom. The third-order valence-electron chi connectivity index (χ3n) is 4.14. The molecule has 1 amide bonds. The van der Waals surface area contributed by atoms with Crippen molar-refractivity contribution in [2.24, 2.45) is 0 Å². The number of aryl methyl sites for hydroxylation is 3. The van der Waals surface area contributed by atoms with Crippen molar-refractivity contribution in [1.29, 1.82) is 5.26 Å². The maximum absolute atomic E-state index is 12.7. The van der Waals surface area contributed by atoms with Crippen LogP contribution in [0.2, 0.25) is 5.02 Å². The molecular formula is C23H21ClN2O3. The standard InChI is InChI=1S/C23H21ClN2O3/c1-6-7-29-22-19(24)11-17(12-20(22)28-5)10-18(13-25)23(27)26-21-15(3)8-14(2)9-16(21)4/h1,8-12H,7H2,2-5H3,(H,26,27)/b18-10+. The number of hydrogen-bond acceptors (Lipinski definition) is 4. The Hall–Kier alpha value is -3.41. The number of nitriles is 1. The highest BCUT2D eigenvalue weighted by atomic mass is 35.5. The molecule has 0 unspecified atom stereocenters. The summed E-state index contributed by atoms with van der Waals surface area (Å²) in [6.07, 6.45) is 6.65. The molecule has 0 bridgehead atoms. The van der Waals surface area contributed by atoms with Gasteiger partial charge in [0.1, 0.15) is 18.2 Å². The summed E-state index contributed by atoms with van der Waals surface area (Å²) < 4.78 is 10.7. The normalized spacial score (nSPS) is 10.7. The van der Waals surface area contributed by atoms with E-state index in [1.54, 1.807) is 12.1 Å². The summed E-state index contributed by atoms with van der Waals surface area (Å²) in [5, 5.41) is 12.6. The number of methoxy groups -OCH3 is 1. The molecule has 148 valence electrons. The Kier molecular flexibility index (Phi) is 7.31. The molecule has 0 saturated carbocycles. The summed E-state index contributed by atoms with van der Waals surface area (Å²) in [5.74, 6) is 2.50. The highest BCUT2D eigenvalue weighted by Gasteiger charge is 2.15. The fourth-order valence-electron chi connectivity index (χ4n) is 2.95. The van der Waals surface area contributed by atoms with Gasteiger partial charge in [0.25, 0.3) is 5.91 Å². The summed E-state index contributed by atoms with van der Waals surface area (Å²) in [5.41, 5.74) is 4.09. The predicted octanol–water partition coefficient (Wildman–Crippen LogP) is 4.83. The molecule has 2 aromatic rings. The lowest BCUT2D eigenvalue weighted by atomic mass is 10.0. The Morgan fingerprint density at radius 3 is 2.45 bits per heavy atom. The molecule has 0 saturated heterocycles. The number of rotatable bonds is 6. The number of benzene rings is 2. The van der Waals surface area contributed by atoms with Crippen LogP contribution in [0.3, 0.4) is 0 Å². The molecule has 0 aliphatic rings. The van der Waals surface area contributed by atoms with Crippen LogP contribution in [0.5, 0.6) is 11.5 Å². The molecule has 5 nitrogen and oxygen atoms in total. The van der Waals surface area contributed by atoms with Gasteiger partial charge in [0.2, 0.25) is 0 Å². The fraction of sp³-hybridized carbons (Fsp3) is 0.217. The van der Waals surface area contributed by atoms with E-state index in [2.05, 4.69) is 11.2 Å². The van der Waals surface area contributed by atoms with Crippen molar-refractivity contribution in [3.63, 3.8) is 0 Å². The largest absolute Gasteiger partial charge is 0.493 e. The number of hydrogen-bond donors (Lipinski definition) is 1. The topological polar surface area (TPSA) is 71.3 Å². The van der Waals surface area contributed by atoms with Gasteiger partial charge < -0.3 is 14.8 Å². The molecule has 0 fully saturated rings. The van der Waals surface area contributed by atoms with Crippen molar-refractivity contribution in [2.75, 3.05) is 19.0 Å². The van der Waals surface area contributed by atoms with E-state index in [1.807, 2.05) is 39.0 Å². The number of ether oxygens (including phenoxy) is 2. The van der Waals surface area contributed by atoms with Gasteiger partial charge >= 0.3 is 0 Å². The molecule has 0 atom stereocenters. The van der Waals surface area contributed by atoms with Crippen molar-refractivity contribution >= 4 is 29.3 Å². The summed E-state index contributed by atoms with van der Waals surface area (Å²) in [7, 11) is 1.46. The van der Waals surface area contributed by atoms with Crippen molar-refractivity contribution < 1.29 is 14.3 Å². The van der Waals surface area contributed by atoms with Crippen LogP contribution < -0.4 is 14.8 Å². The van der Waals surface area contributed by atoms with Crippen molar-refractivity contribution in [1.82, 2.24) is 0 Å². The van der Waals surface area contributed by atoms with Crippen LogP contribution in [-0.4, -0.2) is 19.6 Å². The van der Waals surface area contributed by atoms with E-state index in [4.69, 9.17) is 27.5 Å². The Balaban J connectivity index is 2.37. The number of carbonyl (C=O) groups excluding carboxylic acids is 1. The fourth-order valence-corrected chi connectivity index (χ4v) is 3.22. The second-order valence-electron chi connectivity index (χ2n) is 6.42. The second kappa shape index (κ2) is 9.68. The first-order valence-electron chi connectivity index (χ1n) is 8.75. The maximum atomic E-state index is 12.7. The third-order valence-corrected chi connectivity index (χ3v) is 4.42. The molecule has 0 radical (unpaired) electrons. The minimum atomic E-state index is -0.509. The second-order valence-corrected chi connectivity index (χ2v) is 6.83. The van der Waals surface area contributed by atoms with E-state index in [0.717, 1.165) is 16.7 Å². The molecule has 29 heavy (non-hydrogen) atoms. The Labute approximate surface area is 175 Å². The van der Waals surface area contributed by atoms with Gasteiger partial charge in [-0.05, 0) is 55.7 Å². The predicted molar refractivity (Wildman–Crippen MR) is 115 cm³/mol. The molecule has 1 N–H and O–H groups in total. The summed E-state index contributed by atoms with van der Waals surface area (Å²) in [4.78, 5) is 12.7. The monoisotopic (exact) mass is 408 g/mol. The Bertz CT molecular complexity index is 1040. The van der Waals surface area contributed by atoms with Crippen LogP contribution in [0, 0.1) is 44.4 Å². The highest BCUT2D eigenvalue weighted by Crippen LogP contribution is 2.37. The maximum Gasteiger partial charge on any atom is 0.266 e. The van der Waals surface area contributed by atoms with Crippen LogP contribution in [0.15, 0.2) is 29.8 Å². The number of nitrogens with zero attached hydrogens (tertiary/aromatic N) is 1. The van der Waals surface area contributed by atoms with Gasteiger partial charge in [0, 0.05) is 5.69 Å². The van der Waals surface area contributed by atoms with Gasteiger partial charge in [-0.3, -0.25) is 4.79 Å². The molecule has 0 spiro atoms. The van der Waals surface area contributed by atoms with Crippen molar-refractivity contribution in [3.05, 3.63) is 57.1 Å². The van der Waals surface area contributed by atoms with Crippen LogP contribution in [0.4, 0.5) is 5.69 Å². The first-order chi connectivity index (χ1) is 13.8. The van der Waals surface area contributed by atoms with E-state index in [1.165, 1.54) is 13.2 Å². The molecule has 0 heterocycles. The van der Waals surface area contributed by atoms with E-state index < -0.39 is 5.91 Å². The van der Waals surface area contributed by atoms with Gasteiger partial charge in [-0.15, -0.1) is 6.42 Å². The van der Waals surface area contributed by atoms with Gasteiger partial charge in [-0.2, -0.15) is 5.26 Å². The van der Waals surface area contributed by atoms with Crippen LogP contribution in [-0.2, 0) is 4.79 Å². The highest BCUT2D eigenvalue weighted by molar-refractivity contribution is 6.32. The van der Waals surface area contributed by atoms with E-state index in [9.17, 15) is 10.1 Å². The summed E-state index contributed by atoms with van der Waals surface area (Å²) in [6.45, 7) is 5.84. The van der Waals surface area contributed by atoms with Crippen molar-refractivity contribution in [2.45, 2.75) is 20.8 Å². The van der Waals surface area contributed by atoms with E-state index >= 15 is 0 Å². The zero-order valence-corrected chi connectivity index (χ0v) is 17.5. The van der Waals surface area contributed by atoms with Gasteiger partial charge in [-0.1, -0.05) is 35.2 Å². The lowest BCUT2D eigenvalue weighted by Gasteiger charge is -2.13. The first kappa shape index (κ1) is 21.9. The quantitative estimate of drug-likeness (QED) is 0.422. The number of halogens is 1. The zero-order valence-electron chi connectivity index (χ0n) is 16.7. The molecule has 0 aliphatic carbocycles. The minimum Gasteiger partial charge on any atom is -0.493 e. The molecule has 0 aliphatic heterocycles. The average Bonchev–Trinajstić information content (AvgIpc) is 2.67. The lowest BCUT2D eigenvalue weighted by Crippen LogP contribution is -2.15. The van der Waals surface area contributed by atoms with Crippen LogP contribution in [0.1, 0.15) is 22.3 Å². The number of amides is 1. The van der Waals surface area contributed by atoms with E-state index in [0.29, 0.717) is 22.7 Å². The smallest absolute Gasteiger partial charge is 0.266 e.